The molecule has 8 nitrogen and oxygen atoms in total. The molecule has 166 valence electrons. The Morgan fingerprint density at radius 3 is 1.69 bits per heavy atom. The zero-order valence-corrected chi connectivity index (χ0v) is 17.3. The minimum atomic E-state index is -0.613. The van der Waals surface area contributed by atoms with Crippen LogP contribution in [0, 0.1) is 0 Å². The summed E-state index contributed by atoms with van der Waals surface area (Å²) in [5.41, 5.74) is 5.91. The van der Waals surface area contributed by atoms with Gasteiger partial charge in [-0.15, -0.1) is 0 Å². The smallest absolute Gasteiger partial charge is 0.254 e. The van der Waals surface area contributed by atoms with E-state index in [0.717, 1.165) is 0 Å². The fourth-order valence-electron chi connectivity index (χ4n) is 2.94. The highest BCUT2D eigenvalue weighted by molar-refractivity contribution is 5.99. The van der Waals surface area contributed by atoms with Gasteiger partial charge in [-0.05, 0) is 66.7 Å². The van der Waals surface area contributed by atoms with Crippen molar-refractivity contribution in [1.82, 2.24) is 4.90 Å². The number of nitrogens with zero attached hydrogens (tertiary/aromatic N) is 1. The minimum absolute atomic E-state index is 0.134. The average Bonchev–Trinajstić information content (AvgIpc) is 2.80. The number of hydrogen-bond acceptors (Lipinski definition) is 6. The lowest BCUT2D eigenvalue weighted by Crippen LogP contribution is -2.37. The molecule has 3 aromatic rings. The number of phenols is 2. The maximum absolute atomic E-state index is 13.1. The van der Waals surface area contributed by atoms with E-state index in [4.69, 9.17) is 15.2 Å². The van der Waals surface area contributed by atoms with Gasteiger partial charge in [0.25, 0.3) is 5.91 Å². The Kier molecular flexibility index (Phi) is 7.53. The monoisotopic (exact) mass is 436 g/mol. The van der Waals surface area contributed by atoms with Gasteiger partial charge in [-0.2, -0.15) is 0 Å². The first-order valence-corrected chi connectivity index (χ1v) is 9.95. The van der Waals surface area contributed by atoms with Crippen molar-refractivity contribution in [2.45, 2.75) is 0 Å². The van der Waals surface area contributed by atoms with Crippen LogP contribution in [0.1, 0.15) is 20.7 Å². The third kappa shape index (κ3) is 6.40. The Morgan fingerprint density at radius 1 is 0.750 bits per heavy atom. The topological polar surface area (TPSA) is 122 Å². The highest BCUT2D eigenvalue weighted by Gasteiger charge is 2.17. The Hall–Kier alpha value is -4.20. The van der Waals surface area contributed by atoms with Crippen LogP contribution < -0.4 is 15.2 Å². The molecule has 0 atom stereocenters. The van der Waals surface area contributed by atoms with Gasteiger partial charge < -0.3 is 30.3 Å². The lowest BCUT2D eigenvalue weighted by molar-refractivity contribution is 0.0702. The van der Waals surface area contributed by atoms with Crippen LogP contribution in [-0.4, -0.2) is 53.2 Å². The highest BCUT2D eigenvalue weighted by atomic mass is 16.5. The second-order valence-electron chi connectivity index (χ2n) is 6.92. The summed E-state index contributed by atoms with van der Waals surface area (Å²) in [4.78, 5) is 26.1. The predicted molar refractivity (Wildman–Crippen MR) is 118 cm³/mol. The van der Waals surface area contributed by atoms with Gasteiger partial charge in [0.05, 0.1) is 13.1 Å². The predicted octanol–water partition coefficient (Wildman–Crippen LogP) is 2.80. The summed E-state index contributed by atoms with van der Waals surface area (Å²) >= 11 is 0. The number of primary amides is 1. The number of carbonyl (C=O) groups is 2. The number of ether oxygens (including phenoxy) is 2. The maximum Gasteiger partial charge on any atom is 0.254 e. The zero-order valence-electron chi connectivity index (χ0n) is 17.3. The number of nitrogens with two attached hydrogens (primary N) is 1. The van der Waals surface area contributed by atoms with Crippen LogP contribution in [0.5, 0.6) is 23.0 Å². The SMILES string of the molecule is NC(=O)c1cccc(C(=O)N(CCOc2ccc(O)cc2)CCOc2ccc(O)cc2)c1. The van der Waals surface area contributed by atoms with E-state index in [2.05, 4.69) is 0 Å². The van der Waals surface area contributed by atoms with E-state index in [1.165, 1.54) is 30.3 Å². The van der Waals surface area contributed by atoms with Gasteiger partial charge in [-0.1, -0.05) is 6.07 Å². The second-order valence-corrected chi connectivity index (χ2v) is 6.92. The largest absolute Gasteiger partial charge is 0.508 e. The van der Waals surface area contributed by atoms with Crippen molar-refractivity contribution < 1.29 is 29.3 Å². The van der Waals surface area contributed by atoms with Crippen LogP contribution in [0.15, 0.2) is 72.8 Å². The minimum Gasteiger partial charge on any atom is -0.508 e. The van der Waals surface area contributed by atoms with E-state index in [1.54, 1.807) is 47.4 Å². The van der Waals surface area contributed by atoms with Gasteiger partial charge in [-0.25, -0.2) is 0 Å². The van der Waals surface area contributed by atoms with Gasteiger partial charge in [0.15, 0.2) is 0 Å². The molecule has 0 heterocycles. The molecular formula is C24H24N2O6. The molecule has 32 heavy (non-hydrogen) atoms. The number of hydrogen-bond donors (Lipinski definition) is 3. The molecule has 0 aliphatic heterocycles. The van der Waals surface area contributed by atoms with Gasteiger partial charge >= 0.3 is 0 Å². The molecule has 4 N–H and O–H groups in total. The molecule has 8 heteroatoms. The standard InChI is InChI=1S/C24H24N2O6/c25-23(29)17-2-1-3-18(16-17)24(30)26(12-14-31-21-8-4-19(27)5-9-21)13-15-32-22-10-6-20(28)7-11-22/h1-11,16,27-28H,12-15H2,(H2,25,29). The molecule has 0 spiro atoms. The molecule has 0 saturated carbocycles. The van der Waals surface area contributed by atoms with Crippen molar-refractivity contribution in [3.8, 4) is 23.0 Å². The molecule has 2 amide bonds. The van der Waals surface area contributed by atoms with Gasteiger partial charge in [0, 0.05) is 11.1 Å². The number of carbonyl (C=O) groups excluding carboxylic acids is 2. The van der Waals surface area contributed by atoms with Crippen LogP contribution in [0.25, 0.3) is 0 Å². The fourth-order valence-corrected chi connectivity index (χ4v) is 2.94. The van der Waals surface area contributed by atoms with E-state index < -0.39 is 5.91 Å². The Balaban J connectivity index is 1.66. The van der Waals surface area contributed by atoms with Crippen molar-refractivity contribution in [3.05, 3.63) is 83.9 Å². The summed E-state index contributed by atoms with van der Waals surface area (Å²) in [5, 5.41) is 18.7. The average molecular weight is 436 g/mol. The van der Waals surface area contributed by atoms with Gasteiger partial charge in [0.1, 0.15) is 36.2 Å². The summed E-state index contributed by atoms with van der Waals surface area (Å²) in [6.45, 7) is 0.954. The molecule has 0 fully saturated rings. The summed E-state index contributed by atoms with van der Waals surface area (Å²) in [6.07, 6.45) is 0. The van der Waals surface area contributed by atoms with E-state index in [9.17, 15) is 19.8 Å². The first-order chi connectivity index (χ1) is 15.4. The van der Waals surface area contributed by atoms with Gasteiger partial charge in [-0.3, -0.25) is 9.59 Å². The summed E-state index contributed by atoms with van der Waals surface area (Å²) in [6, 6.07) is 18.8. The maximum atomic E-state index is 13.1. The molecule has 0 aromatic heterocycles. The first-order valence-electron chi connectivity index (χ1n) is 9.95. The van der Waals surface area contributed by atoms with Crippen LogP contribution >= 0.6 is 0 Å². The summed E-state index contributed by atoms with van der Waals surface area (Å²) in [5.74, 6) is 0.483. The molecule has 0 saturated heterocycles. The first kappa shape index (κ1) is 22.5. The summed E-state index contributed by atoms with van der Waals surface area (Å²) < 4.78 is 11.3. The molecule has 0 bridgehead atoms. The molecule has 0 aliphatic rings. The van der Waals surface area contributed by atoms with E-state index in [-0.39, 0.29) is 49.3 Å². The molecular weight excluding hydrogens is 412 g/mol. The third-order valence-electron chi connectivity index (χ3n) is 4.61. The van der Waals surface area contributed by atoms with Crippen molar-refractivity contribution >= 4 is 11.8 Å². The molecule has 0 radical (unpaired) electrons. The van der Waals surface area contributed by atoms with Gasteiger partial charge in [0.2, 0.25) is 5.91 Å². The number of phenolic OH excluding ortho intramolecular Hbond substituents is 2. The quantitative estimate of drug-likeness (QED) is 0.449. The van der Waals surface area contributed by atoms with Crippen LogP contribution in [0.4, 0.5) is 0 Å². The highest BCUT2D eigenvalue weighted by Crippen LogP contribution is 2.17. The Bertz CT molecular complexity index is 999. The number of benzene rings is 3. The second kappa shape index (κ2) is 10.7. The molecule has 3 rings (SSSR count). The Morgan fingerprint density at radius 2 is 1.22 bits per heavy atom. The number of rotatable bonds is 10. The molecule has 0 unspecified atom stereocenters. The van der Waals surface area contributed by atoms with Crippen molar-refractivity contribution in [1.29, 1.82) is 0 Å². The van der Waals surface area contributed by atoms with E-state index in [0.29, 0.717) is 17.1 Å². The molecule has 3 aromatic carbocycles. The van der Waals surface area contributed by atoms with E-state index in [1.807, 2.05) is 0 Å². The molecule has 0 aliphatic carbocycles. The van der Waals surface area contributed by atoms with E-state index >= 15 is 0 Å². The van der Waals surface area contributed by atoms with Crippen LogP contribution in [-0.2, 0) is 0 Å². The zero-order chi connectivity index (χ0) is 22.9. The van der Waals surface area contributed by atoms with Crippen molar-refractivity contribution in [2.24, 2.45) is 5.73 Å². The normalized spacial score (nSPS) is 10.4. The lowest BCUT2D eigenvalue weighted by Gasteiger charge is -2.23. The Labute approximate surface area is 185 Å². The summed E-state index contributed by atoms with van der Waals surface area (Å²) in [7, 11) is 0. The number of amides is 2. The van der Waals surface area contributed by atoms with Crippen molar-refractivity contribution in [2.75, 3.05) is 26.3 Å². The lowest BCUT2D eigenvalue weighted by atomic mass is 10.1. The third-order valence-corrected chi connectivity index (χ3v) is 4.61. The van der Waals surface area contributed by atoms with Crippen LogP contribution in [0.3, 0.4) is 0 Å². The van der Waals surface area contributed by atoms with Crippen LogP contribution in [0.2, 0.25) is 0 Å². The number of aromatic hydroxyl groups is 2. The fraction of sp³-hybridized carbons (Fsp3) is 0.167. The van der Waals surface area contributed by atoms with Crippen molar-refractivity contribution in [3.63, 3.8) is 0 Å².